The van der Waals surface area contributed by atoms with E-state index in [0.29, 0.717) is 11.6 Å². The van der Waals surface area contributed by atoms with Crippen molar-refractivity contribution in [1.82, 2.24) is 5.32 Å². The summed E-state index contributed by atoms with van der Waals surface area (Å²) in [5.41, 5.74) is 0.668. The van der Waals surface area contributed by atoms with Crippen molar-refractivity contribution in [2.45, 2.75) is 18.9 Å². The molecule has 1 atom stereocenters. The van der Waals surface area contributed by atoms with Crippen LogP contribution < -0.4 is 5.32 Å². The Hall–Kier alpha value is -0.870. The molecule has 1 aliphatic rings. The fraction of sp³-hybridized carbons (Fsp3) is 0.500. The molecule has 0 amide bonds. The van der Waals surface area contributed by atoms with E-state index in [4.69, 9.17) is 0 Å². The van der Waals surface area contributed by atoms with Crippen molar-refractivity contribution in [3.05, 3.63) is 21.9 Å². The zero-order chi connectivity index (χ0) is 9.97. The molecule has 0 radical (unpaired) electrons. The summed E-state index contributed by atoms with van der Waals surface area (Å²) in [5, 5.41) is 5.26. The molecule has 1 aromatic rings. The molecule has 0 spiro atoms. The van der Waals surface area contributed by atoms with E-state index in [1.165, 1.54) is 24.8 Å². The van der Waals surface area contributed by atoms with E-state index in [-0.39, 0.29) is 5.97 Å². The van der Waals surface area contributed by atoms with Gasteiger partial charge in [0, 0.05) is 16.3 Å². The number of nitrogens with one attached hydrogen (secondary N) is 1. The predicted octanol–water partition coefficient (Wildman–Crippen LogP) is 1.96. The minimum atomic E-state index is -0.245. The number of methoxy groups -OCH3 is 1. The van der Waals surface area contributed by atoms with Gasteiger partial charge in [0.1, 0.15) is 0 Å². The average molecular weight is 211 g/mol. The number of hydrogen-bond donors (Lipinski definition) is 1. The molecule has 0 aromatic carbocycles. The second-order valence-electron chi connectivity index (χ2n) is 3.38. The van der Waals surface area contributed by atoms with Crippen LogP contribution in [0, 0.1) is 0 Å². The van der Waals surface area contributed by atoms with Crippen molar-refractivity contribution >= 4 is 17.3 Å². The Morgan fingerprint density at radius 1 is 1.71 bits per heavy atom. The van der Waals surface area contributed by atoms with Gasteiger partial charge in [-0.3, -0.25) is 0 Å². The van der Waals surface area contributed by atoms with Crippen molar-refractivity contribution in [3.8, 4) is 0 Å². The van der Waals surface area contributed by atoms with Crippen LogP contribution in [-0.4, -0.2) is 19.6 Å². The Kier molecular flexibility index (Phi) is 2.84. The van der Waals surface area contributed by atoms with Gasteiger partial charge < -0.3 is 10.1 Å². The number of ether oxygens (including phenoxy) is 1. The molecular weight excluding hydrogens is 198 g/mol. The molecule has 1 saturated heterocycles. The first-order valence-corrected chi connectivity index (χ1v) is 5.59. The van der Waals surface area contributed by atoms with Crippen molar-refractivity contribution < 1.29 is 9.53 Å². The largest absolute Gasteiger partial charge is 0.465 e. The van der Waals surface area contributed by atoms with Gasteiger partial charge in [-0.1, -0.05) is 0 Å². The number of thiophene rings is 1. The molecule has 0 aliphatic carbocycles. The topological polar surface area (TPSA) is 38.3 Å². The van der Waals surface area contributed by atoms with Crippen LogP contribution in [0.15, 0.2) is 11.4 Å². The van der Waals surface area contributed by atoms with Crippen molar-refractivity contribution in [1.29, 1.82) is 0 Å². The van der Waals surface area contributed by atoms with E-state index in [1.54, 1.807) is 11.3 Å². The molecule has 2 heterocycles. The van der Waals surface area contributed by atoms with Crippen LogP contribution in [0.2, 0.25) is 0 Å². The Morgan fingerprint density at radius 3 is 3.21 bits per heavy atom. The SMILES string of the molecule is COC(=O)c1csc(C2CCCN2)c1. The smallest absolute Gasteiger partial charge is 0.338 e. The molecule has 3 nitrogen and oxygen atoms in total. The van der Waals surface area contributed by atoms with Gasteiger partial charge in [-0.05, 0) is 25.5 Å². The molecule has 1 fully saturated rings. The lowest BCUT2D eigenvalue weighted by molar-refractivity contribution is 0.0601. The summed E-state index contributed by atoms with van der Waals surface area (Å²) in [6.07, 6.45) is 2.39. The maximum absolute atomic E-state index is 11.2. The Labute approximate surface area is 87.1 Å². The van der Waals surface area contributed by atoms with Gasteiger partial charge in [0.25, 0.3) is 0 Å². The van der Waals surface area contributed by atoms with Gasteiger partial charge in [-0.2, -0.15) is 0 Å². The van der Waals surface area contributed by atoms with Crippen molar-refractivity contribution in [3.63, 3.8) is 0 Å². The first-order chi connectivity index (χ1) is 6.81. The van der Waals surface area contributed by atoms with Gasteiger partial charge in [0.05, 0.1) is 12.7 Å². The maximum Gasteiger partial charge on any atom is 0.338 e. The molecular formula is C10H13NO2S. The highest BCUT2D eigenvalue weighted by atomic mass is 32.1. The van der Waals surface area contributed by atoms with Gasteiger partial charge in [0.2, 0.25) is 0 Å². The number of hydrogen-bond acceptors (Lipinski definition) is 4. The third-order valence-electron chi connectivity index (χ3n) is 2.44. The Morgan fingerprint density at radius 2 is 2.57 bits per heavy atom. The highest BCUT2D eigenvalue weighted by Gasteiger charge is 2.19. The van der Waals surface area contributed by atoms with E-state index in [0.717, 1.165) is 6.54 Å². The van der Waals surface area contributed by atoms with E-state index < -0.39 is 0 Å². The molecule has 2 rings (SSSR count). The molecule has 0 saturated carbocycles. The van der Waals surface area contributed by atoms with Gasteiger partial charge in [-0.15, -0.1) is 11.3 Å². The van der Waals surface area contributed by atoms with Gasteiger partial charge >= 0.3 is 5.97 Å². The maximum atomic E-state index is 11.2. The van der Waals surface area contributed by atoms with Crippen LogP contribution in [0.3, 0.4) is 0 Å². The van der Waals surface area contributed by atoms with Crippen LogP contribution >= 0.6 is 11.3 Å². The molecule has 0 bridgehead atoms. The first-order valence-electron chi connectivity index (χ1n) is 4.71. The van der Waals surface area contributed by atoms with Crippen LogP contribution in [0.1, 0.15) is 34.1 Å². The Balaban J connectivity index is 2.12. The summed E-state index contributed by atoms with van der Waals surface area (Å²) in [6, 6.07) is 2.37. The van der Waals surface area contributed by atoms with E-state index in [1.807, 2.05) is 11.4 Å². The van der Waals surface area contributed by atoms with E-state index >= 15 is 0 Å². The third-order valence-corrected chi connectivity index (χ3v) is 3.49. The summed E-state index contributed by atoms with van der Waals surface area (Å²) < 4.78 is 4.66. The van der Waals surface area contributed by atoms with Crippen molar-refractivity contribution in [2.75, 3.05) is 13.7 Å². The molecule has 1 unspecified atom stereocenters. The predicted molar refractivity (Wildman–Crippen MR) is 55.6 cm³/mol. The minimum absolute atomic E-state index is 0.245. The zero-order valence-corrected chi connectivity index (χ0v) is 8.89. The molecule has 1 aromatic heterocycles. The Bertz CT molecular complexity index is 329. The quantitative estimate of drug-likeness (QED) is 0.760. The van der Waals surface area contributed by atoms with Crippen LogP contribution in [-0.2, 0) is 4.74 Å². The highest BCUT2D eigenvalue weighted by molar-refractivity contribution is 7.10. The van der Waals surface area contributed by atoms with E-state index in [9.17, 15) is 4.79 Å². The lowest BCUT2D eigenvalue weighted by Crippen LogP contribution is -2.11. The third kappa shape index (κ3) is 1.81. The first kappa shape index (κ1) is 9.68. The normalized spacial score (nSPS) is 21.1. The number of esters is 1. The lowest BCUT2D eigenvalue weighted by Gasteiger charge is -2.05. The van der Waals surface area contributed by atoms with Gasteiger partial charge in [0.15, 0.2) is 0 Å². The molecule has 1 N–H and O–H groups in total. The number of rotatable bonds is 2. The molecule has 14 heavy (non-hydrogen) atoms. The van der Waals surface area contributed by atoms with Crippen LogP contribution in [0.4, 0.5) is 0 Å². The summed E-state index contributed by atoms with van der Waals surface area (Å²) in [7, 11) is 1.41. The molecule has 76 valence electrons. The minimum Gasteiger partial charge on any atom is -0.465 e. The summed E-state index contributed by atoms with van der Waals surface area (Å²) >= 11 is 1.63. The number of carbonyl (C=O) groups is 1. The van der Waals surface area contributed by atoms with Crippen LogP contribution in [0.25, 0.3) is 0 Å². The highest BCUT2D eigenvalue weighted by Crippen LogP contribution is 2.28. The average Bonchev–Trinajstić information content (AvgIpc) is 2.86. The van der Waals surface area contributed by atoms with Crippen LogP contribution in [0.5, 0.6) is 0 Å². The van der Waals surface area contributed by atoms with Crippen molar-refractivity contribution in [2.24, 2.45) is 0 Å². The number of carbonyl (C=O) groups excluding carboxylic acids is 1. The summed E-state index contributed by atoms with van der Waals surface area (Å²) in [5.74, 6) is -0.245. The van der Waals surface area contributed by atoms with Gasteiger partial charge in [-0.25, -0.2) is 4.79 Å². The zero-order valence-electron chi connectivity index (χ0n) is 8.08. The fourth-order valence-corrected chi connectivity index (χ4v) is 2.68. The second kappa shape index (κ2) is 4.11. The standard InChI is InChI=1S/C10H13NO2S/c1-13-10(12)7-5-9(14-6-7)8-3-2-4-11-8/h5-6,8,11H,2-4H2,1H3. The molecule has 1 aliphatic heterocycles. The van der Waals surface area contributed by atoms with E-state index in [2.05, 4.69) is 10.1 Å². The summed E-state index contributed by atoms with van der Waals surface area (Å²) in [4.78, 5) is 12.4. The lowest BCUT2D eigenvalue weighted by atomic mass is 10.2. The monoisotopic (exact) mass is 211 g/mol. The molecule has 4 heteroatoms. The second-order valence-corrected chi connectivity index (χ2v) is 4.32. The fourth-order valence-electron chi connectivity index (χ4n) is 1.69. The summed E-state index contributed by atoms with van der Waals surface area (Å²) in [6.45, 7) is 1.08.